The first-order valence-electron chi connectivity index (χ1n) is 4.53. The van der Waals surface area contributed by atoms with Gasteiger partial charge in [0.1, 0.15) is 0 Å². The molecule has 1 rings (SSSR count). The first-order valence-corrected chi connectivity index (χ1v) is 4.53. The largest absolute Gasteiger partial charge is 0.416 e. The highest BCUT2D eigenvalue weighted by molar-refractivity contribution is 5.67. The number of hydrogen-bond acceptors (Lipinski definition) is 3. The summed E-state index contributed by atoms with van der Waals surface area (Å²) >= 11 is 0. The predicted molar refractivity (Wildman–Crippen MR) is 57.3 cm³/mol. The summed E-state index contributed by atoms with van der Waals surface area (Å²) in [7, 11) is 0. The fourth-order valence-corrected chi connectivity index (χ4v) is 1.20. The Bertz CT molecular complexity index is 385. The third kappa shape index (κ3) is 2.98. The zero-order valence-corrected chi connectivity index (χ0v) is 8.38. The fourth-order valence-electron chi connectivity index (χ4n) is 1.20. The van der Waals surface area contributed by atoms with Gasteiger partial charge in [0.25, 0.3) is 0 Å². The van der Waals surface area contributed by atoms with Gasteiger partial charge in [-0.2, -0.15) is 13.2 Å². The van der Waals surface area contributed by atoms with E-state index in [1.807, 2.05) is 0 Å². The summed E-state index contributed by atoms with van der Waals surface area (Å²) in [5.74, 6) is 5.15. The molecule has 0 heterocycles. The van der Waals surface area contributed by atoms with Crippen molar-refractivity contribution < 1.29 is 13.2 Å². The lowest BCUT2D eigenvalue weighted by atomic mass is 10.1. The summed E-state index contributed by atoms with van der Waals surface area (Å²) in [6.45, 7) is 0.311. The third-order valence-electron chi connectivity index (χ3n) is 1.97. The van der Waals surface area contributed by atoms with Gasteiger partial charge in [0.15, 0.2) is 0 Å². The average molecular weight is 231 g/mol. The fraction of sp³-hybridized carbons (Fsp3) is 0.200. The minimum atomic E-state index is -4.37. The van der Waals surface area contributed by atoms with Crippen LogP contribution in [0.3, 0.4) is 0 Å². The maximum atomic E-state index is 12.4. The summed E-state index contributed by atoms with van der Waals surface area (Å²) in [5.41, 5.74) is 7.49. The Labute approximate surface area is 90.9 Å². The van der Waals surface area contributed by atoms with E-state index in [-0.39, 0.29) is 5.69 Å². The Morgan fingerprint density at radius 3 is 2.50 bits per heavy atom. The lowest BCUT2D eigenvalue weighted by molar-refractivity contribution is -0.137. The van der Waals surface area contributed by atoms with Gasteiger partial charge in [0, 0.05) is 6.54 Å². The molecule has 3 nitrogen and oxygen atoms in total. The van der Waals surface area contributed by atoms with Crippen LogP contribution in [-0.2, 0) is 6.18 Å². The molecule has 0 spiro atoms. The minimum Gasteiger partial charge on any atom is -0.327 e. The molecule has 0 saturated carbocycles. The van der Waals surface area contributed by atoms with E-state index in [2.05, 4.69) is 5.43 Å². The number of nitrogens with two attached hydrogens (primary N) is 2. The van der Waals surface area contributed by atoms with Crippen molar-refractivity contribution in [2.24, 2.45) is 11.6 Å². The molecule has 16 heavy (non-hydrogen) atoms. The van der Waals surface area contributed by atoms with E-state index in [0.29, 0.717) is 12.1 Å². The van der Waals surface area contributed by atoms with E-state index >= 15 is 0 Å². The molecule has 0 aliphatic carbocycles. The van der Waals surface area contributed by atoms with Gasteiger partial charge in [0.2, 0.25) is 0 Å². The van der Waals surface area contributed by atoms with Gasteiger partial charge in [0.05, 0.1) is 11.3 Å². The molecule has 1 aromatic carbocycles. The second kappa shape index (κ2) is 5.00. The molecule has 0 atom stereocenters. The van der Waals surface area contributed by atoms with E-state index in [1.54, 1.807) is 12.2 Å². The smallest absolute Gasteiger partial charge is 0.327 e. The molecule has 0 aliphatic rings. The molecule has 0 amide bonds. The Hall–Kier alpha value is -1.53. The highest BCUT2D eigenvalue weighted by Gasteiger charge is 2.30. The summed E-state index contributed by atoms with van der Waals surface area (Å²) in [4.78, 5) is 0. The molecule has 0 unspecified atom stereocenters. The summed E-state index contributed by atoms with van der Waals surface area (Å²) in [6, 6.07) is 3.29. The molecule has 0 aromatic heterocycles. The van der Waals surface area contributed by atoms with Gasteiger partial charge in [-0.1, -0.05) is 18.2 Å². The van der Waals surface area contributed by atoms with Crippen LogP contribution in [0.4, 0.5) is 18.9 Å². The van der Waals surface area contributed by atoms with Crippen LogP contribution < -0.4 is 17.0 Å². The Balaban J connectivity index is 3.12. The van der Waals surface area contributed by atoms with Gasteiger partial charge in [-0.25, -0.2) is 0 Å². The molecule has 5 N–H and O–H groups in total. The van der Waals surface area contributed by atoms with Gasteiger partial charge in [-0.3, -0.25) is 5.84 Å². The van der Waals surface area contributed by atoms with E-state index in [1.165, 1.54) is 6.07 Å². The summed E-state index contributed by atoms with van der Waals surface area (Å²) in [6.07, 6.45) is -1.14. The molecule has 1 aromatic rings. The number of hydrazine groups is 1. The second-order valence-electron chi connectivity index (χ2n) is 3.08. The standard InChI is InChI=1S/C10H12F3N3/c11-10(12,13)8-4-3-7(2-1-5-14)9(6-8)16-15/h1-4,6,16H,5,14-15H2. The number of benzene rings is 1. The quantitative estimate of drug-likeness (QED) is 0.550. The second-order valence-corrected chi connectivity index (χ2v) is 3.08. The van der Waals surface area contributed by atoms with Crippen LogP contribution in [0.1, 0.15) is 11.1 Å². The molecule has 0 saturated heterocycles. The van der Waals surface area contributed by atoms with Crippen LogP contribution in [0.25, 0.3) is 6.08 Å². The van der Waals surface area contributed by atoms with Crippen LogP contribution in [0.2, 0.25) is 0 Å². The normalized spacial score (nSPS) is 12.1. The monoisotopic (exact) mass is 231 g/mol. The zero-order chi connectivity index (χ0) is 12.2. The van der Waals surface area contributed by atoms with Crippen LogP contribution in [0, 0.1) is 0 Å². The molecule has 0 fully saturated rings. The molecular formula is C10H12F3N3. The first kappa shape index (κ1) is 12.5. The Kier molecular flexibility index (Phi) is 3.92. The highest BCUT2D eigenvalue weighted by Crippen LogP contribution is 2.32. The third-order valence-corrected chi connectivity index (χ3v) is 1.97. The molecule has 0 aliphatic heterocycles. The number of nitrogens with one attached hydrogen (secondary N) is 1. The van der Waals surface area contributed by atoms with Crippen molar-refractivity contribution in [3.05, 3.63) is 35.4 Å². The van der Waals surface area contributed by atoms with E-state index in [4.69, 9.17) is 11.6 Å². The van der Waals surface area contributed by atoms with Crippen LogP contribution in [-0.4, -0.2) is 6.54 Å². The lowest BCUT2D eigenvalue weighted by Gasteiger charge is -2.11. The molecule has 6 heteroatoms. The van der Waals surface area contributed by atoms with Crippen LogP contribution in [0.5, 0.6) is 0 Å². The lowest BCUT2D eigenvalue weighted by Crippen LogP contribution is -2.11. The zero-order valence-electron chi connectivity index (χ0n) is 8.38. The van der Waals surface area contributed by atoms with E-state index in [0.717, 1.165) is 12.1 Å². The van der Waals surface area contributed by atoms with Gasteiger partial charge in [-0.15, -0.1) is 0 Å². The predicted octanol–water partition coefficient (Wildman–Crippen LogP) is 1.96. The SMILES string of the molecule is NCC=Cc1ccc(C(F)(F)F)cc1NN. The van der Waals surface area contributed by atoms with Gasteiger partial charge in [-0.05, 0) is 17.7 Å². The highest BCUT2D eigenvalue weighted by atomic mass is 19.4. The van der Waals surface area contributed by atoms with Crippen LogP contribution in [0.15, 0.2) is 24.3 Å². The maximum Gasteiger partial charge on any atom is 0.416 e. The molecule has 0 bridgehead atoms. The average Bonchev–Trinajstić information content (AvgIpc) is 2.24. The number of anilines is 1. The van der Waals surface area contributed by atoms with Crippen LogP contribution >= 0.6 is 0 Å². The van der Waals surface area contributed by atoms with Gasteiger partial charge < -0.3 is 11.2 Å². The number of nitrogen functional groups attached to an aromatic ring is 1. The van der Waals surface area contributed by atoms with Crippen molar-refractivity contribution in [1.29, 1.82) is 0 Å². The molecule has 0 radical (unpaired) electrons. The van der Waals surface area contributed by atoms with E-state index in [9.17, 15) is 13.2 Å². The summed E-state index contributed by atoms with van der Waals surface area (Å²) < 4.78 is 37.1. The Morgan fingerprint density at radius 2 is 2.00 bits per heavy atom. The summed E-state index contributed by atoms with van der Waals surface area (Å²) in [5, 5.41) is 0. The molecular weight excluding hydrogens is 219 g/mol. The number of alkyl halides is 3. The first-order chi connectivity index (χ1) is 7.49. The maximum absolute atomic E-state index is 12.4. The number of halogens is 3. The van der Waals surface area contributed by atoms with E-state index < -0.39 is 11.7 Å². The van der Waals surface area contributed by atoms with Crippen molar-refractivity contribution in [3.8, 4) is 0 Å². The van der Waals surface area contributed by atoms with Crippen molar-refractivity contribution in [2.75, 3.05) is 12.0 Å². The number of hydrogen-bond donors (Lipinski definition) is 3. The van der Waals surface area contributed by atoms with Crippen molar-refractivity contribution in [2.45, 2.75) is 6.18 Å². The molecule has 88 valence electrons. The van der Waals surface area contributed by atoms with Crippen molar-refractivity contribution in [1.82, 2.24) is 0 Å². The Morgan fingerprint density at radius 1 is 1.31 bits per heavy atom. The number of rotatable bonds is 3. The topological polar surface area (TPSA) is 64.1 Å². The van der Waals surface area contributed by atoms with Gasteiger partial charge >= 0.3 is 6.18 Å². The van der Waals surface area contributed by atoms with Crippen molar-refractivity contribution in [3.63, 3.8) is 0 Å². The van der Waals surface area contributed by atoms with Crippen molar-refractivity contribution >= 4 is 11.8 Å². The minimum absolute atomic E-state index is 0.208.